The van der Waals surface area contributed by atoms with Crippen LogP contribution in [-0.4, -0.2) is 4.92 Å². The zero-order valence-corrected chi connectivity index (χ0v) is 9.15. The van der Waals surface area contributed by atoms with Crippen LogP contribution < -0.4 is 5.73 Å². The molecule has 0 unspecified atom stereocenters. The van der Waals surface area contributed by atoms with E-state index in [1.54, 1.807) is 0 Å². The van der Waals surface area contributed by atoms with Gasteiger partial charge >= 0.3 is 0 Å². The predicted molar refractivity (Wildman–Crippen MR) is 59.5 cm³/mol. The quantitative estimate of drug-likeness (QED) is 0.619. The minimum absolute atomic E-state index is 0.233. The van der Waals surface area contributed by atoms with E-state index in [1.807, 2.05) is 6.92 Å². The van der Waals surface area contributed by atoms with E-state index in [1.165, 1.54) is 12.1 Å². The predicted octanol–water partition coefficient (Wildman–Crippen LogP) is 2.92. The first-order valence-corrected chi connectivity index (χ1v) is 5.25. The molecule has 0 aliphatic rings. The van der Waals surface area contributed by atoms with Crippen molar-refractivity contribution in [3.05, 3.63) is 39.7 Å². The summed E-state index contributed by atoms with van der Waals surface area (Å²) in [6.45, 7) is 2.02. The van der Waals surface area contributed by atoms with Crippen molar-refractivity contribution in [3.63, 3.8) is 0 Å². The molecule has 88 valence electrons. The third-order valence-corrected chi connectivity index (χ3v) is 2.46. The summed E-state index contributed by atoms with van der Waals surface area (Å²) in [6.07, 6.45) is 2.54. The summed E-state index contributed by atoms with van der Waals surface area (Å²) in [4.78, 5) is 10.1. The van der Waals surface area contributed by atoms with E-state index < -0.39 is 16.8 Å². The zero-order valence-electron chi connectivity index (χ0n) is 9.15. The van der Waals surface area contributed by atoms with Gasteiger partial charge in [-0.05, 0) is 18.6 Å². The van der Waals surface area contributed by atoms with Crippen LogP contribution in [0.15, 0.2) is 18.2 Å². The molecule has 4 nitrogen and oxygen atoms in total. The largest absolute Gasteiger partial charge is 0.324 e. The number of nitrogens with zero attached hydrogens (tertiary/aromatic N) is 1. The van der Waals surface area contributed by atoms with Gasteiger partial charge in [0.05, 0.1) is 11.0 Å². The van der Waals surface area contributed by atoms with E-state index in [-0.39, 0.29) is 5.69 Å². The van der Waals surface area contributed by atoms with Crippen molar-refractivity contribution in [1.29, 1.82) is 0 Å². The van der Waals surface area contributed by atoms with Crippen LogP contribution in [0.3, 0.4) is 0 Å². The van der Waals surface area contributed by atoms with Crippen LogP contribution in [0.4, 0.5) is 10.1 Å². The van der Waals surface area contributed by atoms with E-state index >= 15 is 0 Å². The van der Waals surface area contributed by atoms with Gasteiger partial charge in [-0.1, -0.05) is 19.8 Å². The third-order valence-electron chi connectivity index (χ3n) is 2.46. The summed E-state index contributed by atoms with van der Waals surface area (Å²) in [6, 6.07) is 3.12. The lowest BCUT2D eigenvalue weighted by Gasteiger charge is -2.11. The molecule has 0 fully saturated rings. The molecule has 1 atom stereocenters. The lowest BCUT2D eigenvalue weighted by Crippen LogP contribution is -2.12. The van der Waals surface area contributed by atoms with Gasteiger partial charge in [0, 0.05) is 11.6 Å². The standard InChI is InChI=1S/C11H15FN2O2/c1-2-3-4-10(13)9-6-5-8(12)7-11(9)14(15)16/h5-7,10H,2-4,13H2,1H3/t10-/m0/s1. The molecule has 16 heavy (non-hydrogen) atoms. The molecule has 0 radical (unpaired) electrons. The Hall–Kier alpha value is -1.49. The third kappa shape index (κ3) is 3.00. The number of nitro groups is 1. The van der Waals surface area contributed by atoms with Gasteiger partial charge in [0.15, 0.2) is 0 Å². The molecule has 5 heteroatoms. The molecule has 0 saturated heterocycles. The average Bonchev–Trinajstić information content (AvgIpc) is 2.25. The summed E-state index contributed by atoms with van der Waals surface area (Å²) in [5, 5.41) is 10.7. The Balaban J connectivity index is 2.98. The molecule has 0 heterocycles. The van der Waals surface area contributed by atoms with Gasteiger partial charge in [-0.15, -0.1) is 0 Å². The fraction of sp³-hybridized carbons (Fsp3) is 0.455. The van der Waals surface area contributed by atoms with Crippen molar-refractivity contribution < 1.29 is 9.31 Å². The Morgan fingerprint density at radius 3 is 2.81 bits per heavy atom. The average molecular weight is 226 g/mol. The summed E-state index contributed by atoms with van der Waals surface area (Å²) in [5.74, 6) is -0.613. The maximum atomic E-state index is 12.9. The lowest BCUT2D eigenvalue weighted by molar-refractivity contribution is -0.385. The Kier molecular flexibility index (Phi) is 4.37. The highest BCUT2D eigenvalue weighted by atomic mass is 19.1. The highest BCUT2D eigenvalue weighted by molar-refractivity contribution is 5.42. The van der Waals surface area contributed by atoms with Gasteiger partial charge < -0.3 is 5.73 Å². The molecule has 1 aromatic carbocycles. The molecule has 0 saturated carbocycles. The van der Waals surface area contributed by atoms with E-state index in [4.69, 9.17) is 5.73 Å². The molecular formula is C11H15FN2O2. The van der Waals surface area contributed by atoms with Crippen LogP contribution in [-0.2, 0) is 0 Å². The molecule has 1 aromatic rings. The van der Waals surface area contributed by atoms with E-state index in [0.717, 1.165) is 18.9 Å². The monoisotopic (exact) mass is 226 g/mol. The minimum Gasteiger partial charge on any atom is -0.324 e. The highest BCUT2D eigenvalue weighted by Gasteiger charge is 2.19. The summed E-state index contributed by atoms with van der Waals surface area (Å²) in [5.41, 5.74) is 6.01. The van der Waals surface area contributed by atoms with E-state index in [0.29, 0.717) is 12.0 Å². The van der Waals surface area contributed by atoms with Crippen molar-refractivity contribution >= 4 is 5.69 Å². The molecule has 0 amide bonds. The molecule has 0 bridgehead atoms. The number of hydrogen-bond acceptors (Lipinski definition) is 3. The van der Waals surface area contributed by atoms with Crippen molar-refractivity contribution in [1.82, 2.24) is 0 Å². The van der Waals surface area contributed by atoms with Gasteiger partial charge in [-0.3, -0.25) is 10.1 Å². The van der Waals surface area contributed by atoms with Crippen LogP contribution in [0, 0.1) is 15.9 Å². The van der Waals surface area contributed by atoms with Gasteiger partial charge in [0.25, 0.3) is 5.69 Å². The number of rotatable bonds is 5. The first-order valence-electron chi connectivity index (χ1n) is 5.25. The number of nitro benzene ring substituents is 1. The first kappa shape index (κ1) is 12.6. The number of nitrogens with two attached hydrogens (primary N) is 1. The lowest BCUT2D eigenvalue weighted by atomic mass is 10.0. The minimum atomic E-state index is -0.613. The Morgan fingerprint density at radius 1 is 1.56 bits per heavy atom. The van der Waals surface area contributed by atoms with Gasteiger partial charge in [-0.25, -0.2) is 4.39 Å². The number of hydrogen-bond donors (Lipinski definition) is 1. The van der Waals surface area contributed by atoms with Gasteiger partial charge in [0.2, 0.25) is 0 Å². The summed E-state index contributed by atoms with van der Waals surface area (Å²) < 4.78 is 12.9. The Bertz CT molecular complexity index is 382. The number of unbranched alkanes of at least 4 members (excludes halogenated alkanes) is 1. The second-order valence-electron chi connectivity index (χ2n) is 3.71. The Labute approximate surface area is 93.4 Å². The molecule has 1 rings (SSSR count). The normalized spacial score (nSPS) is 12.4. The van der Waals surface area contributed by atoms with Crippen LogP contribution in [0.25, 0.3) is 0 Å². The number of benzene rings is 1. The number of halogens is 1. The summed E-state index contributed by atoms with van der Waals surface area (Å²) in [7, 11) is 0. The molecule has 0 aliphatic heterocycles. The van der Waals surface area contributed by atoms with Crippen molar-refractivity contribution in [2.75, 3.05) is 0 Å². The molecule has 0 aromatic heterocycles. The van der Waals surface area contributed by atoms with Gasteiger partial charge in [0.1, 0.15) is 5.82 Å². The van der Waals surface area contributed by atoms with Gasteiger partial charge in [-0.2, -0.15) is 0 Å². The van der Waals surface area contributed by atoms with Crippen molar-refractivity contribution in [2.24, 2.45) is 5.73 Å². The smallest absolute Gasteiger partial charge is 0.277 e. The SMILES string of the molecule is CCCC[C@H](N)c1ccc(F)cc1[N+](=O)[O-]. The van der Waals surface area contributed by atoms with E-state index in [2.05, 4.69) is 0 Å². The van der Waals surface area contributed by atoms with Crippen LogP contribution in [0.1, 0.15) is 37.8 Å². The highest BCUT2D eigenvalue weighted by Crippen LogP contribution is 2.27. The topological polar surface area (TPSA) is 69.2 Å². The molecule has 2 N–H and O–H groups in total. The fourth-order valence-electron chi connectivity index (χ4n) is 1.57. The van der Waals surface area contributed by atoms with Crippen LogP contribution >= 0.6 is 0 Å². The maximum absolute atomic E-state index is 12.9. The van der Waals surface area contributed by atoms with Crippen LogP contribution in [0.2, 0.25) is 0 Å². The van der Waals surface area contributed by atoms with Crippen molar-refractivity contribution in [3.8, 4) is 0 Å². The summed E-state index contributed by atoms with van der Waals surface area (Å²) >= 11 is 0. The first-order chi connectivity index (χ1) is 7.56. The second kappa shape index (κ2) is 5.55. The molecule has 0 aliphatic carbocycles. The maximum Gasteiger partial charge on any atom is 0.277 e. The fourth-order valence-corrected chi connectivity index (χ4v) is 1.57. The second-order valence-corrected chi connectivity index (χ2v) is 3.71. The molecule has 0 spiro atoms. The zero-order chi connectivity index (χ0) is 12.1. The van der Waals surface area contributed by atoms with Crippen molar-refractivity contribution in [2.45, 2.75) is 32.2 Å². The Morgan fingerprint density at radius 2 is 2.25 bits per heavy atom. The van der Waals surface area contributed by atoms with E-state index in [9.17, 15) is 14.5 Å². The van der Waals surface area contributed by atoms with Crippen LogP contribution in [0.5, 0.6) is 0 Å². The molecular weight excluding hydrogens is 211 g/mol.